The third kappa shape index (κ3) is 2.89. The second kappa shape index (κ2) is 6.70. The monoisotopic (exact) mass is 401 g/mol. The van der Waals surface area contributed by atoms with Crippen LogP contribution in [0, 0.1) is 36.7 Å². The summed E-state index contributed by atoms with van der Waals surface area (Å²) in [5.74, 6) is 2.29. The van der Waals surface area contributed by atoms with Crippen LogP contribution in [0.2, 0.25) is 0 Å². The maximum Gasteiger partial charge on any atom is 0.519 e. The Morgan fingerprint density at radius 2 is 2.24 bits per heavy atom. The molecule has 4 heterocycles. The first-order valence-electron chi connectivity index (χ1n) is 9.22. The van der Waals surface area contributed by atoms with E-state index in [-0.39, 0.29) is 40.6 Å². The summed E-state index contributed by atoms with van der Waals surface area (Å²) in [6.45, 7) is 5.28. The molecule has 1 fully saturated rings. The first-order chi connectivity index (χ1) is 13.8. The fourth-order valence-electron chi connectivity index (χ4n) is 3.80. The molecule has 3 atom stereocenters. The molecule has 0 aromatic carbocycles. The quantitative estimate of drug-likeness (QED) is 0.529. The van der Waals surface area contributed by atoms with Crippen LogP contribution in [0.1, 0.15) is 44.4 Å². The van der Waals surface area contributed by atoms with Gasteiger partial charge in [-0.3, -0.25) is 14.5 Å². The van der Waals surface area contributed by atoms with E-state index in [1.807, 2.05) is 13.8 Å². The van der Waals surface area contributed by atoms with Crippen LogP contribution < -0.4 is 11.3 Å². The maximum absolute atomic E-state index is 14.8. The molecule has 152 valence electrons. The molecule has 0 aliphatic carbocycles. The van der Waals surface area contributed by atoms with Crippen LogP contribution in [0.15, 0.2) is 20.0 Å². The summed E-state index contributed by atoms with van der Waals surface area (Å²) in [4.78, 5) is 19.4. The van der Waals surface area contributed by atoms with E-state index >= 15 is 0 Å². The number of hydrogen-bond acceptors (Lipinski definition) is 7. The van der Waals surface area contributed by atoms with Gasteiger partial charge in [0.15, 0.2) is 22.4 Å². The molecule has 0 radical (unpaired) electrons. The van der Waals surface area contributed by atoms with Crippen LogP contribution in [0.3, 0.4) is 0 Å². The lowest BCUT2D eigenvalue weighted by atomic mass is 9.87. The lowest BCUT2D eigenvalue weighted by Gasteiger charge is -2.25. The molecule has 1 aliphatic rings. The molecular formula is C19H20FN5O4. The predicted octanol–water partition coefficient (Wildman–Crippen LogP) is 2.09. The van der Waals surface area contributed by atoms with Gasteiger partial charge < -0.3 is 13.6 Å². The number of terminal acetylenes is 1. The lowest BCUT2D eigenvalue weighted by Crippen LogP contribution is -2.31. The molecule has 1 aliphatic heterocycles. The van der Waals surface area contributed by atoms with Crippen molar-refractivity contribution in [1.82, 2.24) is 19.1 Å². The second-order valence-corrected chi connectivity index (χ2v) is 7.17. The highest BCUT2D eigenvalue weighted by molar-refractivity contribution is 5.68. The Morgan fingerprint density at radius 1 is 1.48 bits per heavy atom. The van der Waals surface area contributed by atoms with Gasteiger partial charge in [0.1, 0.15) is 17.6 Å². The van der Waals surface area contributed by atoms with E-state index in [0.717, 1.165) is 4.57 Å². The highest BCUT2D eigenvalue weighted by Gasteiger charge is 2.45. The van der Waals surface area contributed by atoms with Gasteiger partial charge in [0.25, 0.3) is 6.08 Å². The summed E-state index contributed by atoms with van der Waals surface area (Å²) in [6.07, 6.45) is 7.07. The molecule has 3 aromatic rings. The molecule has 3 aromatic heterocycles. The van der Waals surface area contributed by atoms with Crippen molar-refractivity contribution in [2.75, 3.05) is 0 Å². The second-order valence-electron chi connectivity index (χ2n) is 7.17. The van der Waals surface area contributed by atoms with Gasteiger partial charge in [0.05, 0.1) is 12.9 Å². The average Bonchev–Trinajstić information content (AvgIpc) is 3.34. The number of imidazole rings is 1. The number of aryl methyl sites for hydroxylation is 1. The zero-order valence-electron chi connectivity index (χ0n) is 16.2. The summed E-state index contributed by atoms with van der Waals surface area (Å²) in [6, 6.07) is 0. The van der Waals surface area contributed by atoms with Crippen molar-refractivity contribution < 1.29 is 18.0 Å². The van der Waals surface area contributed by atoms with E-state index in [1.54, 1.807) is 4.57 Å². The average molecular weight is 401 g/mol. The van der Waals surface area contributed by atoms with E-state index in [4.69, 9.17) is 25.4 Å². The first kappa shape index (κ1) is 19.1. The third-order valence-electron chi connectivity index (χ3n) is 5.60. The van der Waals surface area contributed by atoms with Crippen LogP contribution >= 0.6 is 0 Å². The number of hydrogen-bond donors (Lipinski definition) is 1. The van der Waals surface area contributed by atoms with Crippen molar-refractivity contribution >= 4 is 11.2 Å². The van der Waals surface area contributed by atoms with E-state index in [0.29, 0.717) is 12.8 Å². The Kier molecular flexibility index (Phi) is 4.42. The summed E-state index contributed by atoms with van der Waals surface area (Å²) in [7, 11) is 0. The van der Waals surface area contributed by atoms with E-state index < -0.39 is 23.7 Å². The lowest BCUT2D eigenvalue weighted by molar-refractivity contribution is -0.0465. The molecule has 1 N–H and O–H groups in total. The number of ether oxygens (including phenoxy) is 1. The van der Waals surface area contributed by atoms with Crippen LogP contribution in [0.5, 0.6) is 0 Å². The molecule has 0 bridgehead atoms. The van der Waals surface area contributed by atoms with Gasteiger partial charge in [-0.05, 0) is 19.8 Å². The largest absolute Gasteiger partial charge is 0.519 e. The molecule has 0 unspecified atom stereocenters. The normalized spacial score (nSPS) is 24.2. The minimum atomic E-state index is -0.919. The van der Waals surface area contributed by atoms with Gasteiger partial charge in [-0.1, -0.05) is 19.8 Å². The van der Waals surface area contributed by atoms with Crippen molar-refractivity contribution in [1.29, 1.82) is 5.41 Å². The number of aromatic nitrogens is 4. The minimum Gasteiger partial charge on any atom is -0.396 e. The first-order valence-corrected chi connectivity index (χ1v) is 9.22. The number of rotatable bonds is 4. The van der Waals surface area contributed by atoms with E-state index in [1.165, 1.54) is 13.3 Å². The Labute approximate surface area is 164 Å². The molecule has 9 nitrogen and oxygen atoms in total. The smallest absolute Gasteiger partial charge is 0.396 e. The zero-order valence-corrected chi connectivity index (χ0v) is 16.2. The van der Waals surface area contributed by atoms with Gasteiger partial charge in [-0.15, -0.1) is 6.42 Å². The van der Waals surface area contributed by atoms with Crippen molar-refractivity contribution in [3.8, 4) is 12.3 Å². The Morgan fingerprint density at radius 3 is 2.83 bits per heavy atom. The number of nitrogens with zero attached hydrogens (tertiary/aromatic N) is 4. The van der Waals surface area contributed by atoms with Crippen LogP contribution in [-0.4, -0.2) is 24.7 Å². The summed E-state index contributed by atoms with van der Waals surface area (Å²) in [5, 5.41) is 8.36. The molecule has 29 heavy (non-hydrogen) atoms. The topological polar surface area (TPSA) is 112 Å². The molecule has 4 rings (SSSR count). The van der Waals surface area contributed by atoms with Crippen molar-refractivity contribution in [2.45, 2.75) is 52.0 Å². The summed E-state index contributed by atoms with van der Waals surface area (Å²) in [5.41, 5.74) is -0.524. The van der Waals surface area contributed by atoms with Gasteiger partial charge in [-0.25, -0.2) is 9.78 Å². The SMILES string of the molecule is C#C[C@]1(CC)O[C@@H](n2cnc3c(=N)n(Cc4oc(=O)oc4C)c(F)nc32)C[C@@H]1C. The Hall–Kier alpha value is -3.19. The van der Waals surface area contributed by atoms with Gasteiger partial charge in [0, 0.05) is 5.92 Å². The van der Waals surface area contributed by atoms with Crippen LogP contribution in [0.25, 0.3) is 11.2 Å². The highest BCUT2D eigenvalue weighted by Crippen LogP contribution is 2.43. The van der Waals surface area contributed by atoms with Crippen molar-refractivity contribution in [3.05, 3.63) is 40.0 Å². The predicted molar refractivity (Wildman–Crippen MR) is 98.2 cm³/mol. The fourth-order valence-corrected chi connectivity index (χ4v) is 3.80. The molecule has 0 amide bonds. The van der Waals surface area contributed by atoms with Crippen molar-refractivity contribution in [3.63, 3.8) is 0 Å². The molecule has 0 spiro atoms. The van der Waals surface area contributed by atoms with Gasteiger partial charge in [-0.2, -0.15) is 9.37 Å². The van der Waals surface area contributed by atoms with Gasteiger partial charge >= 0.3 is 5.82 Å². The highest BCUT2D eigenvalue weighted by atomic mass is 19.1. The third-order valence-corrected chi connectivity index (χ3v) is 5.60. The molecule has 0 saturated carbocycles. The van der Waals surface area contributed by atoms with E-state index in [2.05, 4.69) is 15.9 Å². The molecular weight excluding hydrogens is 381 g/mol. The zero-order chi connectivity index (χ0) is 20.9. The summed E-state index contributed by atoms with van der Waals surface area (Å²) < 4.78 is 33.2. The number of halogens is 1. The van der Waals surface area contributed by atoms with Crippen molar-refractivity contribution in [2.24, 2.45) is 5.92 Å². The Bertz CT molecular complexity index is 1250. The minimum absolute atomic E-state index is 0.0980. The fraction of sp³-hybridized carbons (Fsp3) is 0.474. The van der Waals surface area contributed by atoms with Crippen LogP contribution in [0.4, 0.5) is 4.39 Å². The molecule has 1 saturated heterocycles. The Balaban J connectivity index is 1.76. The molecule has 10 heteroatoms. The van der Waals surface area contributed by atoms with E-state index in [9.17, 15) is 9.18 Å². The summed E-state index contributed by atoms with van der Waals surface area (Å²) >= 11 is 0. The maximum atomic E-state index is 14.8. The van der Waals surface area contributed by atoms with Crippen LogP contribution in [-0.2, 0) is 11.3 Å². The number of nitrogens with one attached hydrogen (secondary N) is 1. The standard InChI is InChI=1S/C19H20FN5O4/c1-5-19(6-2)10(3)7-13(29-19)25-9-22-14-15(21)24(17(20)23-16(14)25)8-12-11(4)27-18(26)28-12/h1,9-10,13,21H,6-8H2,2-4H3/t10-,13+,19+/m0/s1. The number of fused-ring (bicyclic) bond motifs is 1. The van der Waals surface area contributed by atoms with Gasteiger partial charge in [0.2, 0.25) is 0 Å².